The summed E-state index contributed by atoms with van der Waals surface area (Å²) in [7, 11) is -1.68. The summed E-state index contributed by atoms with van der Waals surface area (Å²) in [4.78, 5) is 0. The van der Waals surface area contributed by atoms with Crippen LogP contribution in [-0.2, 0) is 9.16 Å². The van der Waals surface area contributed by atoms with E-state index in [0.29, 0.717) is 12.8 Å². The van der Waals surface area contributed by atoms with Crippen LogP contribution in [0.15, 0.2) is 0 Å². The lowest BCUT2D eigenvalue weighted by molar-refractivity contribution is -0.0998. The molecule has 0 aromatic heterocycles. The number of nitriles is 1. The smallest absolute Gasteiger partial charge is 0.185 e. The lowest BCUT2D eigenvalue weighted by atomic mass is 9.89. The van der Waals surface area contributed by atoms with Gasteiger partial charge in [-0.05, 0) is 33.5 Å². The van der Waals surface area contributed by atoms with Crippen LogP contribution in [0.4, 0.5) is 0 Å². The first-order valence-corrected chi connectivity index (χ1v) is 8.94. The van der Waals surface area contributed by atoms with Crippen LogP contribution in [0.2, 0.25) is 19.6 Å². The average Bonchev–Trinajstić information content (AvgIpc) is 1.98. The van der Waals surface area contributed by atoms with Gasteiger partial charge in [-0.1, -0.05) is 0 Å². The molecule has 3 nitrogen and oxygen atoms in total. The largest absolute Gasteiger partial charge is 0.400 e. The quantitative estimate of drug-likeness (QED) is 0.681. The van der Waals surface area contributed by atoms with E-state index in [1.165, 1.54) is 0 Å². The molecule has 2 atom stereocenters. The van der Waals surface area contributed by atoms with Crippen LogP contribution in [-0.4, -0.2) is 26.1 Å². The minimum atomic E-state index is -1.68. The van der Waals surface area contributed by atoms with Gasteiger partial charge in [-0.15, -0.1) is 0 Å². The fourth-order valence-corrected chi connectivity index (χ4v) is 3.67. The molecule has 1 saturated heterocycles. The Kier molecular flexibility index (Phi) is 3.59. The fraction of sp³-hybridized carbons (Fsp3) is 0.909. The lowest BCUT2D eigenvalue weighted by Crippen LogP contribution is -2.49. The van der Waals surface area contributed by atoms with Crippen LogP contribution in [0.1, 0.15) is 26.7 Å². The zero-order valence-electron chi connectivity index (χ0n) is 10.3. The molecular weight excluding hydrogens is 206 g/mol. The normalized spacial score (nSPS) is 37.3. The molecule has 1 heterocycles. The standard InChI is InChI=1S/C11H21NO2Si/c1-9-6-11(8-12,7-10(2)13-9)14-15(3,4)5/h9-10H,6-7H2,1-5H3/t9-,10-/m1/s1. The molecule has 0 aromatic rings. The predicted molar refractivity (Wildman–Crippen MR) is 62.0 cm³/mol. The van der Waals surface area contributed by atoms with Crippen molar-refractivity contribution < 1.29 is 9.16 Å². The number of hydrogen-bond acceptors (Lipinski definition) is 3. The maximum atomic E-state index is 9.33. The Labute approximate surface area is 93.5 Å². The van der Waals surface area contributed by atoms with Gasteiger partial charge in [-0.25, -0.2) is 0 Å². The van der Waals surface area contributed by atoms with Gasteiger partial charge in [-0.3, -0.25) is 0 Å². The third-order valence-electron chi connectivity index (χ3n) is 2.40. The molecule has 86 valence electrons. The van der Waals surface area contributed by atoms with Crippen molar-refractivity contribution in [2.75, 3.05) is 0 Å². The molecule has 0 aromatic carbocycles. The van der Waals surface area contributed by atoms with Gasteiger partial charge in [0.25, 0.3) is 0 Å². The molecule has 0 aliphatic carbocycles. The highest BCUT2D eigenvalue weighted by molar-refractivity contribution is 6.69. The van der Waals surface area contributed by atoms with Crippen molar-refractivity contribution in [1.82, 2.24) is 0 Å². The molecule has 1 aliphatic rings. The molecule has 0 bridgehead atoms. The molecule has 4 heteroatoms. The minimum absolute atomic E-state index is 0.116. The molecular formula is C11H21NO2Si. The molecule has 15 heavy (non-hydrogen) atoms. The van der Waals surface area contributed by atoms with E-state index in [2.05, 4.69) is 25.7 Å². The molecule has 0 amide bonds. The third-order valence-corrected chi connectivity index (χ3v) is 3.41. The van der Waals surface area contributed by atoms with E-state index in [-0.39, 0.29) is 12.2 Å². The van der Waals surface area contributed by atoms with Crippen LogP contribution in [0.25, 0.3) is 0 Å². The van der Waals surface area contributed by atoms with E-state index in [9.17, 15) is 5.26 Å². The molecule has 0 N–H and O–H groups in total. The second-order valence-electron chi connectivity index (χ2n) is 5.49. The summed E-state index contributed by atoms with van der Waals surface area (Å²) < 4.78 is 11.7. The second-order valence-corrected chi connectivity index (χ2v) is 9.91. The van der Waals surface area contributed by atoms with Gasteiger partial charge in [0.15, 0.2) is 8.32 Å². The second kappa shape index (κ2) is 4.24. The Morgan fingerprint density at radius 1 is 1.27 bits per heavy atom. The SMILES string of the molecule is C[C@@H]1CC(C#N)(O[Si](C)(C)C)C[C@@H](C)O1. The Morgan fingerprint density at radius 3 is 2.07 bits per heavy atom. The maximum Gasteiger partial charge on any atom is 0.185 e. The lowest BCUT2D eigenvalue weighted by Gasteiger charge is -2.41. The van der Waals surface area contributed by atoms with Gasteiger partial charge >= 0.3 is 0 Å². The summed E-state index contributed by atoms with van der Waals surface area (Å²) in [5.74, 6) is 0. The van der Waals surface area contributed by atoms with Gasteiger partial charge in [-0.2, -0.15) is 5.26 Å². The van der Waals surface area contributed by atoms with E-state index in [0.717, 1.165) is 0 Å². The van der Waals surface area contributed by atoms with Gasteiger partial charge in [0.1, 0.15) is 5.60 Å². The predicted octanol–water partition coefficient (Wildman–Crippen LogP) is 2.69. The molecule has 1 rings (SSSR count). The maximum absolute atomic E-state index is 9.33. The van der Waals surface area contributed by atoms with E-state index in [4.69, 9.17) is 9.16 Å². The minimum Gasteiger partial charge on any atom is -0.400 e. The highest BCUT2D eigenvalue weighted by atomic mass is 28.4. The Hall–Kier alpha value is -0.373. The van der Waals surface area contributed by atoms with Crippen LogP contribution in [0.5, 0.6) is 0 Å². The van der Waals surface area contributed by atoms with Crippen molar-refractivity contribution in [3.05, 3.63) is 0 Å². The summed E-state index contributed by atoms with van der Waals surface area (Å²) in [6, 6.07) is 2.37. The number of ether oxygens (including phenoxy) is 1. The number of nitrogens with zero attached hydrogens (tertiary/aromatic N) is 1. The summed E-state index contributed by atoms with van der Waals surface area (Å²) in [5, 5.41) is 9.33. The Bertz CT molecular complexity index is 257. The van der Waals surface area contributed by atoms with Crippen molar-refractivity contribution in [2.45, 2.75) is 64.1 Å². The monoisotopic (exact) mass is 227 g/mol. The first kappa shape index (κ1) is 12.7. The van der Waals surface area contributed by atoms with Crippen LogP contribution >= 0.6 is 0 Å². The topological polar surface area (TPSA) is 42.2 Å². The average molecular weight is 227 g/mol. The molecule has 0 radical (unpaired) electrons. The van der Waals surface area contributed by atoms with Gasteiger partial charge in [0.05, 0.1) is 18.3 Å². The third kappa shape index (κ3) is 3.60. The van der Waals surface area contributed by atoms with Crippen LogP contribution in [0, 0.1) is 11.3 Å². The van der Waals surface area contributed by atoms with Crippen molar-refractivity contribution in [1.29, 1.82) is 5.26 Å². The zero-order valence-corrected chi connectivity index (χ0v) is 11.3. The van der Waals surface area contributed by atoms with Crippen molar-refractivity contribution in [3.63, 3.8) is 0 Å². The van der Waals surface area contributed by atoms with E-state index in [1.54, 1.807) is 0 Å². The molecule has 0 saturated carbocycles. The Balaban J connectivity index is 2.80. The summed E-state index contributed by atoms with van der Waals surface area (Å²) in [5.41, 5.74) is -0.610. The first-order valence-electron chi connectivity index (χ1n) is 5.53. The van der Waals surface area contributed by atoms with Gasteiger partial charge in [0.2, 0.25) is 0 Å². The first-order chi connectivity index (χ1) is 6.76. The zero-order chi connectivity index (χ0) is 11.7. The Morgan fingerprint density at radius 2 is 1.73 bits per heavy atom. The molecule has 0 unspecified atom stereocenters. The van der Waals surface area contributed by atoms with Crippen LogP contribution in [0.3, 0.4) is 0 Å². The number of rotatable bonds is 2. The highest BCUT2D eigenvalue weighted by Crippen LogP contribution is 2.34. The molecule has 1 aliphatic heterocycles. The number of hydrogen-bond donors (Lipinski definition) is 0. The van der Waals surface area contributed by atoms with Gasteiger partial charge in [0, 0.05) is 12.8 Å². The van der Waals surface area contributed by atoms with Crippen molar-refractivity contribution in [3.8, 4) is 6.07 Å². The summed E-state index contributed by atoms with van der Waals surface area (Å²) >= 11 is 0. The fourth-order valence-electron chi connectivity index (χ4n) is 2.29. The van der Waals surface area contributed by atoms with E-state index >= 15 is 0 Å². The van der Waals surface area contributed by atoms with Crippen molar-refractivity contribution >= 4 is 8.32 Å². The molecule has 0 spiro atoms. The summed E-state index contributed by atoms with van der Waals surface area (Å²) in [6.07, 6.45) is 1.62. The van der Waals surface area contributed by atoms with E-state index < -0.39 is 13.9 Å². The van der Waals surface area contributed by atoms with Crippen molar-refractivity contribution in [2.24, 2.45) is 0 Å². The molecule has 1 fully saturated rings. The van der Waals surface area contributed by atoms with Gasteiger partial charge < -0.3 is 9.16 Å². The van der Waals surface area contributed by atoms with Crippen LogP contribution < -0.4 is 0 Å². The van der Waals surface area contributed by atoms with E-state index in [1.807, 2.05) is 13.8 Å². The highest BCUT2D eigenvalue weighted by Gasteiger charge is 2.42. The summed E-state index contributed by atoms with van der Waals surface area (Å²) in [6.45, 7) is 10.4.